The second-order valence-corrected chi connectivity index (χ2v) is 7.86. The van der Waals surface area contributed by atoms with Gasteiger partial charge in [0.2, 0.25) is 0 Å². The van der Waals surface area contributed by atoms with Crippen LogP contribution in [0, 0.1) is 0 Å². The van der Waals surface area contributed by atoms with Crippen molar-refractivity contribution in [2.45, 2.75) is 32.4 Å². The molecule has 31 heavy (non-hydrogen) atoms. The maximum atomic E-state index is 12.3. The molecule has 0 heterocycles. The number of nitrogens with zero attached hydrogens (tertiary/aromatic N) is 1. The molecule has 1 atom stereocenters. The molecule has 0 saturated heterocycles. The maximum absolute atomic E-state index is 12.3. The quantitative estimate of drug-likeness (QED) is 0.102. The fourth-order valence-corrected chi connectivity index (χ4v) is 3.18. The Balaban J connectivity index is 2.68. The number of hydrogen-bond donors (Lipinski definition) is 3. The van der Waals surface area contributed by atoms with E-state index in [9.17, 15) is 19.5 Å². The molecule has 7 nitrogen and oxygen atoms in total. The lowest BCUT2D eigenvalue weighted by molar-refractivity contribution is -0.141. The molecule has 1 aromatic carbocycles. The number of carboxylic acids is 1. The highest BCUT2D eigenvalue weighted by Gasteiger charge is 2.21. The van der Waals surface area contributed by atoms with Crippen molar-refractivity contribution in [3.8, 4) is 0 Å². The van der Waals surface area contributed by atoms with Crippen molar-refractivity contribution in [1.82, 2.24) is 15.5 Å². The standard InChI is InChI=1S/C22H27Cl2N3O4/c1-15(2)25-8-4-7-20(22(30)31)26-21(29)17(14-28)6-5-9-27(3)13-16-10-18(23)12-19(24)11-16/h5-6,9-12,14,20,25H,1,4,7-8,13H2,2-3H3,(H,26,29)(H,30,31)/b9-5-,17-6+. The van der Waals surface area contributed by atoms with Crippen LogP contribution in [0.25, 0.3) is 0 Å². The molecule has 1 rings (SSSR count). The number of carbonyl (C=O) groups is 3. The molecule has 9 heteroatoms. The summed E-state index contributed by atoms with van der Waals surface area (Å²) in [5.41, 5.74) is 1.49. The fourth-order valence-electron chi connectivity index (χ4n) is 2.61. The van der Waals surface area contributed by atoms with Gasteiger partial charge >= 0.3 is 5.97 Å². The second-order valence-electron chi connectivity index (χ2n) is 6.99. The smallest absolute Gasteiger partial charge is 0.326 e. The van der Waals surface area contributed by atoms with E-state index in [0.29, 0.717) is 35.8 Å². The van der Waals surface area contributed by atoms with Crippen LogP contribution in [0.15, 0.2) is 54.4 Å². The molecular weight excluding hydrogens is 441 g/mol. The summed E-state index contributed by atoms with van der Waals surface area (Å²) in [4.78, 5) is 36.8. The van der Waals surface area contributed by atoms with Crippen LogP contribution < -0.4 is 10.6 Å². The van der Waals surface area contributed by atoms with Gasteiger partial charge < -0.3 is 20.6 Å². The van der Waals surface area contributed by atoms with Crippen molar-refractivity contribution >= 4 is 41.4 Å². The monoisotopic (exact) mass is 467 g/mol. The molecular formula is C22H27Cl2N3O4. The Kier molecular flexibility index (Phi) is 11.5. The van der Waals surface area contributed by atoms with Crippen LogP contribution >= 0.6 is 23.2 Å². The zero-order chi connectivity index (χ0) is 23.4. The van der Waals surface area contributed by atoms with Crippen LogP contribution in [0.2, 0.25) is 10.0 Å². The number of benzene rings is 1. The minimum atomic E-state index is -1.16. The van der Waals surface area contributed by atoms with Crippen LogP contribution in [-0.4, -0.2) is 47.8 Å². The van der Waals surface area contributed by atoms with Crippen molar-refractivity contribution in [3.63, 3.8) is 0 Å². The summed E-state index contributed by atoms with van der Waals surface area (Å²) in [6.07, 6.45) is 5.64. The van der Waals surface area contributed by atoms with Crippen molar-refractivity contribution in [2.24, 2.45) is 0 Å². The lowest BCUT2D eigenvalue weighted by Gasteiger charge is -2.15. The third-order valence-electron chi connectivity index (χ3n) is 4.06. The van der Waals surface area contributed by atoms with Gasteiger partial charge in [0, 0.05) is 35.9 Å². The van der Waals surface area contributed by atoms with Gasteiger partial charge in [0.25, 0.3) is 5.91 Å². The summed E-state index contributed by atoms with van der Waals surface area (Å²) in [5, 5.41) is 15.7. The van der Waals surface area contributed by atoms with Crippen molar-refractivity contribution < 1.29 is 19.5 Å². The molecule has 0 spiro atoms. The Morgan fingerprint density at radius 3 is 2.45 bits per heavy atom. The Labute approximate surface area is 192 Å². The average Bonchev–Trinajstić information content (AvgIpc) is 2.66. The van der Waals surface area contributed by atoms with Gasteiger partial charge in [-0.1, -0.05) is 29.8 Å². The first kappa shape index (κ1) is 26.3. The van der Waals surface area contributed by atoms with Gasteiger partial charge in [-0.3, -0.25) is 9.59 Å². The summed E-state index contributed by atoms with van der Waals surface area (Å²) in [5.74, 6) is -1.91. The molecule has 0 radical (unpaired) electrons. The van der Waals surface area contributed by atoms with E-state index in [4.69, 9.17) is 23.2 Å². The van der Waals surface area contributed by atoms with Crippen molar-refractivity contribution in [2.75, 3.05) is 13.6 Å². The number of nitrogens with one attached hydrogen (secondary N) is 2. The van der Waals surface area contributed by atoms with E-state index in [0.717, 1.165) is 11.3 Å². The van der Waals surface area contributed by atoms with E-state index in [-0.39, 0.29) is 12.0 Å². The van der Waals surface area contributed by atoms with Gasteiger partial charge in [-0.05, 0) is 61.9 Å². The van der Waals surface area contributed by atoms with Crippen molar-refractivity contribution in [3.05, 3.63) is 70.0 Å². The number of amides is 1. The second kappa shape index (κ2) is 13.5. The summed E-state index contributed by atoms with van der Waals surface area (Å²) in [6.45, 7) is 6.54. The lowest BCUT2D eigenvalue weighted by Crippen LogP contribution is -2.42. The molecule has 0 aliphatic heterocycles. The largest absolute Gasteiger partial charge is 0.480 e. The average molecular weight is 468 g/mol. The molecule has 0 bridgehead atoms. The molecule has 1 amide bonds. The van der Waals surface area contributed by atoms with E-state index in [1.165, 1.54) is 12.2 Å². The van der Waals surface area contributed by atoms with Crippen LogP contribution in [0.3, 0.4) is 0 Å². The van der Waals surface area contributed by atoms with Gasteiger partial charge in [0.05, 0.1) is 5.57 Å². The van der Waals surface area contributed by atoms with Crippen molar-refractivity contribution in [1.29, 1.82) is 0 Å². The zero-order valence-electron chi connectivity index (χ0n) is 17.5. The number of rotatable bonds is 13. The number of carbonyl (C=O) groups excluding carboxylic acids is 2. The SMILES string of the molecule is C=C(C)NCCCC(NC(=O)/C(C=O)=C/C=C\N(C)Cc1cc(Cl)cc(Cl)c1)C(=O)O. The van der Waals surface area contributed by atoms with Gasteiger partial charge in [-0.2, -0.15) is 0 Å². The molecule has 0 fully saturated rings. The predicted octanol–water partition coefficient (Wildman–Crippen LogP) is 3.54. The highest BCUT2D eigenvalue weighted by molar-refractivity contribution is 6.34. The first-order valence-electron chi connectivity index (χ1n) is 9.54. The molecule has 0 saturated carbocycles. The highest BCUT2D eigenvalue weighted by atomic mass is 35.5. The lowest BCUT2D eigenvalue weighted by atomic mass is 10.1. The normalized spacial score (nSPS) is 12.3. The minimum Gasteiger partial charge on any atom is -0.480 e. The van der Waals surface area contributed by atoms with Crippen LogP contribution in [0.5, 0.6) is 0 Å². The Morgan fingerprint density at radius 2 is 1.90 bits per heavy atom. The van der Waals surface area contributed by atoms with E-state index >= 15 is 0 Å². The minimum absolute atomic E-state index is 0.179. The highest BCUT2D eigenvalue weighted by Crippen LogP contribution is 2.20. The number of hydrogen-bond acceptors (Lipinski definition) is 5. The molecule has 0 aromatic heterocycles. The first-order chi connectivity index (χ1) is 14.6. The zero-order valence-corrected chi connectivity index (χ0v) is 19.0. The fraction of sp³-hybridized carbons (Fsp3) is 0.318. The third kappa shape index (κ3) is 10.7. The third-order valence-corrected chi connectivity index (χ3v) is 4.50. The molecule has 168 valence electrons. The molecule has 1 aromatic rings. The van der Waals surface area contributed by atoms with Crippen LogP contribution in [0.4, 0.5) is 0 Å². The summed E-state index contributed by atoms with van der Waals surface area (Å²) < 4.78 is 0. The van der Waals surface area contributed by atoms with E-state index < -0.39 is 17.9 Å². The van der Waals surface area contributed by atoms with Gasteiger partial charge in [0.15, 0.2) is 6.29 Å². The summed E-state index contributed by atoms with van der Waals surface area (Å²) in [6, 6.07) is 4.12. The van der Waals surface area contributed by atoms with Gasteiger partial charge in [-0.15, -0.1) is 0 Å². The molecule has 0 aliphatic rings. The summed E-state index contributed by atoms with van der Waals surface area (Å²) in [7, 11) is 1.80. The number of halogens is 2. The van der Waals surface area contributed by atoms with E-state index in [2.05, 4.69) is 17.2 Å². The van der Waals surface area contributed by atoms with Crippen LogP contribution in [-0.2, 0) is 20.9 Å². The summed E-state index contributed by atoms with van der Waals surface area (Å²) >= 11 is 12.0. The number of carboxylic acid groups (broad SMARTS) is 1. The molecule has 1 unspecified atom stereocenters. The predicted molar refractivity (Wildman–Crippen MR) is 123 cm³/mol. The van der Waals surface area contributed by atoms with Gasteiger partial charge in [0.1, 0.15) is 6.04 Å². The Hall–Kier alpha value is -2.77. The Bertz CT molecular complexity index is 848. The number of aliphatic carboxylic acids is 1. The number of allylic oxidation sites excluding steroid dienone is 3. The van der Waals surface area contributed by atoms with E-state index in [1.54, 1.807) is 38.4 Å². The number of aldehydes is 1. The van der Waals surface area contributed by atoms with E-state index in [1.807, 2.05) is 4.90 Å². The van der Waals surface area contributed by atoms with Gasteiger partial charge in [-0.25, -0.2) is 4.79 Å². The Morgan fingerprint density at radius 1 is 1.26 bits per heavy atom. The van der Waals surface area contributed by atoms with Crippen LogP contribution in [0.1, 0.15) is 25.3 Å². The molecule has 0 aliphatic carbocycles. The topological polar surface area (TPSA) is 98.7 Å². The molecule has 3 N–H and O–H groups in total. The maximum Gasteiger partial charge on any atom is 0.326 e. The first-order valence-corrected chi connectivity index (χ1v) is 10.3.